The summed E-state index contributed by atoms with van der Waals surface area (Å²) < 4.78 is 7.59. The number of nitrogens with one attached hydrogen (secondary N) is 1. The highest BCUT2D eigenvalue weighted by atomic mass is 16.5. The van der Waals surface area contributed by atoms with E-state index in [-0.39, 0.29) is 11.9 Å². The lowest BCUT2D eigenvalue weighted by Crippen LogP contribution is -2.54. The quantitative estimate of drug-likeness (QED) is 0.893. The summed E-state index contributed by atoms with van der Waals surface area (Å²) >= 11 is 0. The van der Waals surface area contributed by atoms with Crippen molar-refractivity contribution in [3.63, 3.8) is 0 Å². The second-order valence-electron chi connectivity index (χ2n) is 7.34. The van der Waals surface area contributed by atoms with Crippen LogP contribution in [0.5, 0.6) is 0 Å². The Labute approximate surface area is 144 Å². The fourth-order valence-corrected chi connectivity index (χ4v) is 3.73. The van der Waals surface area contributed by atoms with E-state index in [1.807, 2.05) is 23.6 Å². The van der Waals surface area contributed by atoms with Gasteiger partial charge in [-0.1, -0.05) is 13.8 Å². The second-order valence-corrected chi connectivity index (χ2v) is 7.34. The van der Waals surface area contributed by atoms with Crippen LogP contribution in [0.2, 0.25) is 0 Å². The topological polar surface area (TPSA) is 59.4 Å². The summed E-state index contributed by atoms with van der Waals surface area (Å²) in [5, 5.41) is 3.60. The highest BCUT2D eigenvalue weighted by Crippen LogP contribution is 2.23. The van der Waals surface area contributed by atoms with E-state index in [4.69, 9.17) is 4.74 Å². The van der Waals surface area contributed by atoms with Crippen molar-refractivity contribution in [2.45, 2.75) is 57.7 Å². The van der Waals surface area contributed by atoms with Crippen LogP contribution in [0.25, 0.3) is 0 Å². The van der Waals surface area contributed by atoms with Crippen LogP contribution in [0.15, 0.2) is 18.7 Å². The zero-order valence-corrected chi connectivity index (χ0v) is 14.9. The maximum absolute atomic E-state index is 13.0. The number of imidazole rings is 1. The van der Waals surface area contributed by atoms with E-state index in [0.717, 1.165) is 52.0 Å². The third-order valence-electron chi connectivity index (χ3n) is 5.29. The van der Waals surface area contributed by atoms with Gasteiger partial charge in [0, 0.05) is 50.8 Å². The Morgan fingerprint density at radius 1 is 1.21 bits per heavy atom. The Bertz CT molecular complexity index is 503. The molecule has 2 fully saturated rings. The van der Waals surface area contributed by atoms with Gasteiger partial charge in [-0.25, -0.2) is 4.98 Å². The van der Waals surface area contributed by atoms with Crippen molar-refractivity contribution in [3.8, 4) is 0 Å². The Morgan fingerprint density at radius 3 is 2.50 bits per heavy atom. The third-order valence-corrected chi connectivity index (χ3v) is 5.29. The van der Waals surface area contributed by atoms with E-state index >= 15 is 0 Å². The minimum absolute atomic E-state index is 0.0853. The molecule has 0 aromatic carbocycles. The van der Waals surface area contributed by atoms with E-state index in [1.165, 1.54) is 0 Å². The summed E-state index contributed by atoms with van der Waals surface area (Å²) in [5.74, 6) is 0.562. The molecule has 134 valence electrons. The van der Waals surface area contributed by atoms with Crippen LogP contribution < -0.4 is 5.32 Å². The SMILES string of the molecule is CC(C)C(NC1CCOCC1)C(=O)N1CCC(n2ccnc2)CC1. The molecule has 6 nitrogen and oxygen atoms in total. The lowest BCUT2D eigenvalue weighted by atomic mass is 9.97. The monoisotopic (exact) mass is 334 g/mol. The Morgan fingerprint density at radius 2 is 1.92 bits per heavy atom. The van der Waals surface area contributed by atoms with Crippen LogP contribution >= 0.6 is 0 Å². The second kappa shape index (κ2) is 8.12. The summed E-state index contributed by atoms with van der Waals surface area (Å²) in [6.07, 6.45) is 9.73. The van der Waals surface area contributed by atoms with Crippen molar-refractivity contribution >= 4 is 5.91 Å². The van der Waals surface area contributed by atoms with Gasteiger partial charge >= 0.3 is 0 Å². The van der Waals surface area contributed by atoms with E-state index in [1.54, 1.807) is 0 Å². The average molecular weight is 334 g/mol. The normalized spacial score (nSPS) is 22.0. The largest absolute Gasteiger partial charge is 0.381 e. The molecular formula is C18H30N4O2. The molecule has 0 bridgehead atoms. The van der Waals surface area contributed by atoms with Crippen molar-refractivity contribution < 1.29 is 9.53 Å². The van der Waals surface area contributed by atoms with Gasteiger partial charge in [-0.3, -0.25) is 4.79 Å². The van der Waals surface area contributed by atoms with Gasteiger partial charge in [-0.05, 0) is 31.6 Å². The minimum atomic E-state index is -0.0853. The van der Waals surface area contributed by atoms with Crippen molar-refractivity contribution in [1.29, 1.82) is 0 Å². The van der Waals surface area contributed by atoms with E-state index in [0.29, 0.717) is 18.0 Å². The summed E-state index contributed by atoms with van der Waals surface area (Å²) in [5.41, 5.74) is 0. The highest BCUT2D eigenvalue weighted by molar-refractivity contribution is 5.82. The molecule has 0 aliphatic carbocycles. The molecule has 0 saturated carbocycles. The van der Waals surface area contributed by atoms with E-state index in [2.05, 4.69) is 28.7 Å². The van der Waals surface area contributed by atoms with Gasteiger partial charge in [-0.2, -0.15) is 0 Å². The minimum Gasteiger partial charge on any atom is -0.381 e. The molecule has 24 heavy (non-hydrogen) atoms. The molecule has 1 amide bonds. The molecule has 6 heteroatoms. The zero-order chi connectivity index (χ0) is 16.9. The Kier molecular flexibility index (Phi) is 5.89. The van der Waals surface area contributed by atoms with Crippen molar-refractivity contribution in [3.05, 3.63) is 18.7 Å². The third kappa shape index (κ3) is 4.16. The Balaban J connectivity index is 1.55. The van der Waals surface area contributed by atoms with Gasteiger partial charge in [0.05, 0.1) is 12.4 Å². The molecule has 1 unspecified atom stereocenters. The van der Waals surface area contributed by atoms with Crippen LogP contribution in [0.4, 0.5) is 0 Å². The number of piperidine rings is 1. The summed E-state index contributed by atoms with van der Waals surface area (Å²) in [4.78, 5) is 19.2. The van der Waals surface area contributed by atoms with Crippen LogP contribution in [0.3, 0.4) is 0 Å². The molecule has 2 aliphatic rings. The first-order valence-corrected chi connectivity index (χ1v) is 9.25. The van der Waals surface area contributed by atoms with Gasteiger partial charge in [0.25, 0.3) is 0 Å². The standard InChI is InChI=1S/C18H30N4O2/c1-14(2)17(20-15-5-11-24-12-6-15)18(23)21-8-3-16(4-9-21)22-10-7-19-13-22/h7,10,13-17,20H,3-6,8-9,11-12H2,1-2H3. The number of aromatic nitrogens is 2. The van der Waals surface area contributed by atoms with Crippen LogP contribution in [0, 0.1) is 5.92 Å². The molecule has 1 N–H and O–H groups in total. The smallest absolute Gasteiger partial charge is 0.239 e. The zero-order valence-electron chi connectivity index (χ0n) is 14.9. The van der Waals surface area contributed by atoms with Crippen LogP contribution in [0.1, 0.15) is 45.6 Å². The number of carbonyl (C=O) groups excluding carboxylic acids is 1. The number of nitrogens with zero attached hydrogens (tertiary/aromatic N) is 3. The molecule has 0 radical (unpaired) electrons. The van der Waals surface area contributed by atoms with Crippen molar-refractivity contribution in [2.75, 3.05) is 26.3 Å². The fourth-order valence-electron chi connectivity index (χ4n) is 3.73. The number of carbonyl (C=O) groups is 1. The number of ether oxygens (including phenoxy) is 1. The van der Waals surface area contributed by atoms with E-state index < -0.39 is 0 Å². The maximum Gasteiger partial charge on any atom is 0.239 e. The number of rotatable bonds is 5. The van der Waals surface area contributed by atoms with Crippen molar-refractivity contribution in [2.24, 2.45) is 5.92 Å². The van der Waals surface area contributed by atoms with Crippen LogP contribution in [-0.4, -0.2) is 58.7 Å². The van der Waals surface area contributed by atoms with Gasteiger partial charge in [0.1, 0.15) is 0 Å². The molecule has 2 saturated heterocycles. The Hall–Kier alpha value is -1.40. The highest BCUT2D eigenvalue weighted by Gasteiger charge is 2.32. The predicted octanol–water partition coefficient (Wildman–Crippen LogP) is 1.84. The lowest BCUT2D eigenvalue weighted by Gasteiger charge is -2.37. The first-order valence-electron chi connectivity index (χ1n) is 9.25. The lowest BCUT2D eigenvalue weighted by molar-refractivity contribution is -0.136. The van der Waals surface area contributed by atoms with Crippen molar-refractivity contribution in [1.82, 2.24) is 19.8 Å². The molecule has 3 heterocycles. The molecule has 0 spiro atoms. The predicted molar refractivity (Wildman–Crippen MR) is 92.7 cm³/mol. The molecule has 1 aromatic heterocycles. The maximum atomic E-state index is 13.0. The van der Waals surface area contributed by atoms with Gasteiger partial charge in [0.2, 0.25) is 5.91 Å². The number of hydrogen-bond acceptors (Lipinski definition) is 4. The number of likely N-dealkylation sites (tertiary alicyclic amines) is 1. The van der Waals surface area contributed by atoms with Gasteiger partial charge in [-0.15, -0.1) is 0 Å². The number of hydrogen-bond donors (Lipinski definition) is 1. The molecule has 2 aliphatic heterocycles. The molecule has 1 atom stereocenters. The van der Waals surface area contributed by atoms with Gasteiger partial charge < -0.3 is 19.5 Å². The molecule has 1 aromatic rings. The van der Waals surface area contributed by atoms with Crippen LogP contribution in [-0.2, 0) is 9.53 Å². The summed E-state index contributed by atoms with van der Waals surface area (Å²) in [6.45, 7) is 7.53. The van der Waals surface area contributed by atoms with E-state index in [9.17, 15) is 4.79 Å². The molecular weight excluding hydrogens is 304 g/mol. The average Bonchev–Trinajstić information content (AvgIpc) is 3.14. The molecule has 3 rings (SSSR count). The summed E-state index contributed by atoms with van der Waals surface area (Å²) in [6, 6.07) is 0.786. The van der Waals surface area contributed by atoms with Gasteiger partial charge in [0.15, 0.2) is 0 Å². The first-order chi connectivity index (χ1) is 11.6. The fraction of sp³-hybridized carbons (Fsp3) is 0.778. The number of amides is 1. The summed E-state index contributed by atoms with van der Waals surface area (Å²) in [7, 11) is 0. The first kappa shape index (κ1) is 17.4.